The second kappa shape index (κ2) is 5.62. The average Bonchev–Trinajstić information content (AvgIpc) is 2.21. The maximum absolute atomic E-state index is 5.92. The maximum Gasteiger partial charge on any atom is 0.120 e. The number of halogens is 1. The summed E-state index contributed by atoms with van der Waals surface area (Å²) in [5.41, 5.74) is 3.28. The van der Waals surface area contributed by atoms with E-state index in [1.165, 1.54) is 0 Å². The summed E-state index contributed by atoms with van der Waals surface area (Å²) in [6, 6.07) is 0. The second-order valence-electron chi connectivity index (χ2n) is 3.40. The van der Waals surface area contributed by atoms with Gasteiger partial charge >= 0.3 is 0 Å². The van der Waals surface area contributed by atoms with Crippen LogP contribution in [-0.4, -0.2) is 5.50 Å². The van der Waals surface area contributed by atoms with Gasteiger partial charge in [0.05, 0.1) is 0 Å². The standard InChI is InChI=1S/C13H16ClN/c1-4-6-11(5-2)9-12-7-8-13(14)15-10(12)3/h4-5,7-9,13,15H,1-2,6H2,3H3/b11-9+. The normalized spacial score (nSPS) is 21.2. The third-order valence-corrected chi connectivity index (χ3v) is 2.47. The van der Waals surface area contributed by atoms with Crippen molar-refractivity contribution in [2.75, 3.05) is 0 Å². The monoisotopic (exact) mass is 221 g/mol. The Hall–Kier alpha value is -1.21. The van der Waals surface area contributed by atoms with Crippen LogP contribution < -0.4 is 5.32 Å². The molecule has 1 heterocycles. The molecule has 1 aliphatic rings. The molecule has 0 saturated carbocycles. The van der Waals surface area contributed by atoms with Crippen molar-refractivity contribution in [3.05, 3.63) is 60.4 Å². The lowest BCUT2D eigenvalue weighted by Gasteiger charge is -2.17. The Morgan fingerprint density at radius 3 is 2.87 bits per heavy atom. The van der Waals surface area contributed by atoms with E-state index in [1.54, 1.807) is 0 Å². The first kappa shape index (κ1) is 11.9. The number of hydrogen-bond donors (Lipinski definition) is 1. The molecule has 0 aromatic carbocycles. The van der Waals surface area contributed by atoms with E-state index >= 15 is 0 Å². The van der Waals surface area contributed by atoms with Crippen LogP contribution in [0.25, 0.3) is 0 Å². The fourth-order valence-corrected chi connectivity index (χ4v) is 1.61. The van der Waals surface area contributed by atoms with Gasteiger partial charge in [0.15, 0.2) is 0 Å². The highest BCUT2D eigenvalue weighted by Crippen LogP contribution is 2.17. The van der Waals surface area contributed by atoms with Crippen LogP contribution in [0.15, 0.2) is 60.4 Å². The molecule has 0 fully saturated rings. The molecule has 1 atom stereocenters. The molecule has 2 heteroatoms. The molecule has 1 N–H and O–H groups in total. The van der Waals surface area contributed by atoms with Crippen molar-refractivity contribution in [3.63, 3.8) is 0 Å². The minimum Gasteiger partial charge on any atom is -0.369 e. The summed E-state index contributed by atoms with van der Waals surface area (Å²) in [5.74, 6) is 0. The van der Waals surface area contributed by atoms with Crippen molar-refractivity contribution >= 4 is 11.6 Å². The van der Waals surface area contributed by atoms with E-state index in [-0.39, 0.29) is 5.50 Å². The molecule has 0 radical (unpaired) electrons. The minimum absolute atomic E-state index is 0.103. The lowest BCUT2D eigenvalue weighted by Crippen LogP contribution is -2.23. The lowest BCUT2D eigenvalue weighted by molar-refractivity contribution is 0.825. The van der Waals surface area contributed by atoms with Crippen LogP contribution in [0.2, 0.25) is 0 Å². The van der Waals surface area contributed by atoms with Crippen molar-refractivity contribution in [1.29, 1.82) is 0 Å². The van der Waals surface area contributed by atoms with Crippen LogP contribution in [0.3, 0.4) is 0 Å². The van der Waals surface area contributed by atoms with Crippen LogP contribution in [0.4, 0.5) is 0 Å². The molecular formula is C13H16ClN. The molecule has 0 saturated heterocycles. The predicted molar refractivity (Wildman–Crippen MR) is 67.7 cm³/mol. The Bertz CT molecular complexity index is 348. The molecule has 0 aromatic heterocycles. The molecule has 0 spiro atoms. The van der Waals surface area contributed by atoms with Crippen LogP contribution in [-0.2, 0) is 0 Å². The van der Waals surface area contributed by atoms with E-state index in [4.69, 9.17) is 11.6 Å². The molecule has 1 rings (SSSR count). The Balaban J connectivity index is 2.88. The van der Waals surface area contributed by atoms with Crippen LogP contribution >= 0.6 is 11.6 Å². The third-order valence-electron chi connectivity index (χ3n) is 2.22. The summed E-state index contributed by atoms with van der Waals surface area (Å²) in [7, 11) is 0. The van der Waals surface area contributed by atoms with Crippen molar-refractivity contribution in [1.82, 2.24) is 5.32 Å². The van der Waals surface area contributed by atoms with Gasteiger partial charge in [-0.3, -0.25) is 0 Å². The molecule has 1 unspecified atom stereocenters. The Labute approximate surface area is 96.5 Å². The van der Waals surface area contributed by atoms with Gasteiger partial charge in [0.2, 0.25) is 0 Å². The lowest BCUT2D eigenvalue weighted by atomic mass is 10.0. The van der Waals surface area contributed by atoms with E-state index in [9.17, 15) is 0 Å². The van der Waals surface area contributed by atoms with E-state index in [0.29, 0.717) is 0 Å². The summed E-state index contributed by atoms with van der Waals surface area (Å²) < 4.78 is 0. The Morgan fingerprint density at radius 2 is 2.33 bits per heavy atom. The molecule has 0 amide bonds. The first-order chi connectivity index (χ1) is 7.17. The molecule has 0 aromatic rings. The van der Waals surface area contributed by atoms with Crippen molar-refractivity contribution in [2.45, 2.75) is 18.8 Å². The van der Waals surface area contributed by atoms with Gasteiger partial charge in [0.25, 0.3) is 0 Å². The first-order valence-corrected chi connectivity index (χ1v) is 5.34. The highest BCUT2D eigenvalue weighted by atomic mass is 35.5. The van der Waals surface area contributed by atoms with E-state index in [2.05, 4.69) is 24.6 Å². The summed E-state index contributed by atoms with van der Waals surface area (Å²) in [6.45, 7) is 9.50. The largest absolute Gasteiger partial charge is 0.369 e. The molecule has 0 aliphatic carbocycles. The molecule has 15 heavy (non-hydrogen) atoms. The van der Waals surface area contributed by atoms with Crippen molar-refractivity contribution in [3.8, 4) is 0 Å². The molecule has 1 aliphatic heterocycles. The van der Waals surface area contributed by atoms with Crippen LogP contribution in [0, 0.1) is 0 Å². The van der Waals surface area contributed by atoms with Gasteiger partial charge in [0, 0.05) is 5.70 Å². The first-order valence-electron chi connectivity index (χ1n) is 4.91. The fraction of sp³-hybridized carbons (Fsp3) is 0.231. The maximum atomic E-state index is 5.92. The van der Waals surface area contributed by atoms with E-state index in [1.807, 2.05) is 31.2 Å². The van der Waals surface area contributed by atoms with Crippen LogP contribution in [0.1, 0.15) is 13.3 Å². The van der Waals surface area contributed by atoms with Crippen molar-refractivity contribution < 1.29 is 0 Å². The number of alkyl halides is 1. The second-order valence-corrected chi connectivity index (χ2v) is 3.87. The number of dihydropyridines is 1. The summed E-state index contributed by atoms with van der Waals surface area (Å²) >= 11 is 5.92. The molecule has 0 bridgehead atoms. The Morgan fingerprint density at radius 1 is 1.60 bits per heavy atom. The minimum atomic E-state index is -0.103. The zero-order valence-electron chi connectivity index (χ0n) is 8.96. The number of allylic oxidation sites excluding steroid dienone is 7. The quantitative estimate of drug-likeness (QED) is 0.331. The smallest absolute Gasteiger partial charge is 0.120 e. The number of nitrogens with one attached hydrogen (secondary N) is 1. The predicted octanol–water partition coefficient (Wildman–Crippen LogP) is 3.67. The highest BCUT2D eigenvalue weighted by Gasteiger charge is 2.07. The molecule has 80 valence electrons. The molecule has 1 nitrogen and oxygen atoms in total. The summed E-state index contributed by atoms with van der Waals surface area (Å²) in [5, 5.41) is 3.15. The number of hydrogen-bond acceptors (Lipinski definition) is 1. The zero-order chi connectivity index (χ0) is 11.3. The molecular weight excluding hydrogens is 206 g/mol. The van der Waals surface area contributed by atoms with Gasteiger partial charge < -0.3 is 5.32 Å². The van der Waals surface area contributed by atoms with E-state index in [0.717, 1.165) is 23.3 Å². The summed E-state index contributed by atoms with van der Waals surface area (Å²) in [4.78, 5) is 0. The SMILES string of the molecule is C=CC/C(C=C)=C/C1=C(C)NC(Cl)C=C1. The zero-order valence-corrected chi connectivity index (χ0v) is 9.72. The van der Waals surface area contributed by atoms with Crippen LogP contribution in [0.5, 0.6) is 0 Å². The third kappa shape index (κ3) is 3.45. The Kier molecular flexibility index (Phi) is 4.44. The van der Waals surface area contributed by atoms with Gasteiger partial charge in [-0.1, -0.05) is 36.4 Å². The van der Waals surface area contributed by atoms with Gasteiger partial charge in [-0.05, 0) is 36.6 Å². The van der Waals surface area contributed by atoms with Gasteiger partial charge in [-0.15, -0.1) is 6.58 Å². The van der Waals surface area contributed by atoms with Crippen molar-refractivity contribution in [2.24, 2.45) is 0 Å². The highest BCUT2D eigenvalue weighted by molar-refractivity contribution is 6.21. The summed E-state index contributed by atoms with van der Waals surface area (Å²) in [6.07, 6.45) is 10.6. The van der Waals surface area contributed by atoms with Gasteiger partial charge in [0.1, 0.15) is 5.50 Å². The van der Waals surface area contributed by atoms with Gasteiger partial charge in [-0.25, -0.2) is 0 Å². The van der Waals surface area contributed by atoms with E-state index < -0.39 is 0 Å². The van der Waals surface area contributed by atoms with Gasteiger partial charge in [-0.2, -0.15) is 0 Å². The average molecular weight is 222 g/mol. The fourth-order valence-electron chi connectivity index (χ4n) is 1.38. The topological polar surface area (TPSA) is 12.0 Å². The number of rotatable bonds is 4.